The minimum Gasteiger partial charge on any atom is -1.00 e. The lowest BCUT2D eigenvalue weighted by atomic mass is 10.1. The van der Waals surface area contributed by atoms with Gasteiger partial charge in [0.25, 0.3) is 0 Å². The topological polar surface area (TPSA) is 112 Å². The van der Waals surface area contributed by atoms with Gasteiger partial charge < -0.3 is 38.8 Å². The van der Waals surface area contributed by atoms with Crippen LogP contribution in [-0.4, -0.2) is 45.2 Å². The molecule has 1 aromatic carbocycles. The van der Waals surface area contributed by atoms with Gasteiger partial charge in [0.05, 0.1) is 13.1 Å². The zero-order valence-electron chi connectivity index (χ0n) is 17.6. The van der Waals surface area contributed by atoms with Crippen molar-refractivity contribution in [3.05, 3.63) is 24.0 Å². The van der Waals surface area contributed by atoms with Crippen LogP contribution >= 0.6 is 0 Å². The van der Waals surface area contributed by atoms with Crippen molar-refractivity contribution in [3.63, 3.8) is 0 Å². The van der Waals surface area contributed by atoms with Gasteiger partial charge in [-0.1, -0.05) is 25.7 Å². The maximum Gasteiger partial charge on any atom is 0.233 e. The van der Waals surface area contributed by atoms with Crippen LogP contribution in [0.2, 0.25) is 0 Å². The van der Waals surface area contributed by atoms with E-state index in [-0.39, 0.29) is 18.2 Å². The normalized spacial score (nSPS) is 18.0. The summed E-state index contributed by atoms with van der Waals surface area (Å²) >= 11 is 0. The number of nitrogens with two attached hydrogens (primary N) is 1. The van der Waals surface area contributed by atoms with E-state index >= 15 is 0 Å². The molecule has 170 valence electrons. The highest BCUT2D eigenvalue weighted by Gasteiger charge is 2.19. The quantitative estimate of drug-likeness (QED) is 0.304. The van der Waals surface area contributed by atoms with E-state index in [1.165, 1.54) is 37.8 Å². The summed E-state index contributed by atoms with van der Waals surface area (Å²) in [4.78, 5) is 13.6. The summed E-state index contributed by atoms with van der Waals surface area (Å²) in [6.45, 7) is 2.18. The average Bonchev–Trinajstić information content (AvgIpc) is 3.00. The van der Waals surface area contributed by atoms with Gasteiger partial charge >= 0.3 is 0 Å². The molecule has 2 aliphatic rings. The molecule has 0 spiro atoms. The molecule has 1 saturated carbocycles. The van der Waals surface area contributed by atoms with Crippen molar-refractivity contribution in [1.82, 2.24) is 15.0 Å². The van der Waals surface area contributed by atoms with Gasteiger partial charge in [0.15, 0.2) is 11.6 Å². The Morgan fingerprint density at radius 3 is 2.03 bits per heavy atom. The number of halogens is 2. The number of nitrogens with one attached hydrogen (secondary N) is 3. The van der Waals surface area contributed by atoms with E-state index in [2.05, 4.69) is 36.2 Å². The summed E-state index contributed by atoms with van der Waals surface area (Å²) in [6, 6.07) is 4.81. The molecule has 8 nitrogen and oxygen atoms in total. The number of piperidine rings is 1. The van der Waals surface area contributed by atoms with Gasteiger partial charge in [-0.15, -0.1) is 0 Å². The molecular weight excluding hydrogens is 421 g/mol. The van der Waals surface area contributed by atoms with Gasteiger partial charge in [0, 0.05) is 36.7 Å². The van der Waals surface area contributed by atoms with Crippen molar-refractivity contribution in [1.29, 1.82) is 0 Å². The fourth-order valence-corrected chi connectivity index (χ4v) is 4.13. The summed E-state index contributed by atoms with van der Waals surface area (Å²) in [5, 5.41) is 21.7. The molecule has 0 atom stereocenters. The number of phenolic OH excluding ortho intramolecular Hbond substituents is 1. The van der Waals surface area contributed by atoms with Gasteiger partial charge in [0.1, 0.15) is 0 Å². The predicted octanol–water partition coefficient (Wildman–Crippen LogP) is -0.264. The standard InChI is InChI=1S/C21H30FN7O.ClH/c22-17-13-16(7-8-18(17)30)26-21-28-19(24-14-5-3-1-2-4-6-14)27-20(29-21)25-15-9-11-23-12-10-15;/h7-8,13-15,23,30H,1-6,9-12H2,(H3,24,25,26,27,28,29);1H. The van der Waals surface area contributed by atoms with E-state index in [0.29, 0.717) is 35.6 Å². The van der Waals surface area contributed by atoms with E-state index in [4.69, 9.17) is 0 Å². The number of anilines is 4. The lowest BCUT2D eigenvalue weighted by Crippen LogP contribution is -3.00. The van der Waals surface area contributed by atoms with Crippen LogP contribution in [0.4, 0.5) is 27.9 Å². The third-order valence-electron chi connectivity index (χ3n) is 5.80. The number of benzene rings is 1. The molecule has 0 unspecified atom stereocenters. The average molecular weight is 452 g/mol. The molecule has 4 rings (SSSR count). The molecule has 0 radical (unpaired) electrons. The molecule has 1 aliphatic carbocycles. The van der Waals surface area contributed by atoms with Gasteiger partial charge in [0.2, 0.25) is 17.8 Å². The number of aromatic nitrogens is 3. The number of quaternary nitrogens is 1. The van der Waals surface area contributed by atoms with Crippen LogP contribution in [0.25, 0.3) is 0 Å². The van der Waals surface area contributed by atoms with Gasteiger partial charge in [-0.3, -0.25) is 0 Å². The van der Waals surface area contributed by atoms with E-state index in [0.717, 1.165) is 38.8 Å². The lowest BCUT2D eigenvalue weighted by molar-refractivity contribution is -0.662. The molecule has 6 N–H and O–H groups in total. The Morgan fingerprint density at radius 2 is 1.42 bits per heavy atom. The zero-order valence-corrected chi connectivity index (χ0v) is 18.3. The second-order valence-electron chi connectivity index (χ2n) is 8.21. The van der Waals surface area contributed by atoms with Crippen LogP contribution in [0.15, 0.2) is 18.2 Å². The van der Waals surface area contributed by atoms with Crippen molar-refractivity contribution in [2.45, 2.75) is 63.5 Å². The highest BCUT2D eigenvalue weighted by Crippen LogP contribution is 2.24. The maximum absolute atomic E-state index is 13.7. The third-order valence-corrected chi connectivity index (χ3v) is 5.80. The second kappa shape index (κ2) is 11.3. The van der Waals surface area contributed by atoms with Crippen molar-refractivity contribution >= 4 is 23.5 Å². The Hall–Kier alpha value is -2.39. The van der Waals surface area contributed by atoms with Crippen LogP contribution in [0, 0.1) is 5.82 Å². The SMILES string of the molecule is Oc1ccc(Nc2nc(NC3CCCCCC3)nc(NC3CC[NH2+]CC3)n2)cc1F.[Cl-]. The molecular formula is C21H31ClFN7O. The summed E-state index contributed by atoms with van der Waals surface area (Å²) < 4.78 is 13.7. The first-order chi connectivity index (χ1) is 14.7. The Bertz CT molecular complexity index is 842. The molecule has 0 bridgehead atoms. The number of aromatic hydroxyl groups is 1. The zero-order chi connectivity index (χ0) is 20.8. The number of hydrogen-bond acceptors (Lipinski definition) is 7. The van der Waals surface area contributed by atoms with Gasteiger partial charge in [-0.05, 0) is 25.0 Å². The predicted molar refractivity (Wildman–Crippen MR) is 115 cm³/mol. The molecule has 1 aliphatic heterocycles. The fourth-order valence-electron chi connectivity index (χ4n) is 4.13. The molecule has 2 fully saturated rings. The molecule has 2 aromatic rings. The van der Waals surface area contributed by atoms with E-state index < -0.39 is 5.82 Å². The van der Waals surface area contributed by atoms with Crippen LogP contribution in [0.1, 0.15) is 51.4 Å². The number of rotatable bonds is 6. The monoisotopic (exact) mass is 451 g/mol. The fraction of sp³-hybridized carbons (Fsp3) is 0.571. The molecule has 0 amide bonds. The van der Waals surface area contributed by atoms with Crippen molar-refractivity contribution in [2.24, 2.45) is 0 Å². The Morgan fingerprint density at radius 1 is 0.839 bits per heavy atom. The number of hydrogen-bond donors (Lipinski definition) is 5. The van der Waals surface area contributed by atoms with Crippen LogP contribution in [0.3, 0.4) is 0 Å². The highest BCUT2D eigenvalue weighted by molar-refractivity contribution is 5.57. The first kappa shape index (κ1) is 23.3. The number of nitrogens with zero attached hydrogens (tertiary/aromatic N) is 3. The third kappa shape index (κ3) is 6.80. The maximum atomic E-state index is 13.7. The summed E-state index contributed by atoms with van der Waals surface area (Å²) in [5.41, 5.74) is 0.468. The van der Waals surface area contributed by atoms with Crippen LogP contribution < -0.4 is 33.7 Å². The van der Waals surface area contributed by atoms with Gasteiger partial charge in [-0.25, -0.2) is 4.39 Å². The first-order valence-electron chi connectivity index (χ1n) is 11.0. The molecule has 31 heavy (non-hydrogen) atoms. The molecule has 1 saturated heterocycles. The van der Waals surface area contributed by atoms with Gasteiger partial charge in [-0.2, -0.15) is 15.0 Å². The smallest absolute Gasteiger partial charge is 0.233 e. The second-order valence-corrected chi connectivity index (χ2v) is 8.21. The molecule has 10 heteroatoms. The lowest BCUT2D eigenvalue weighted by Gasteiger charge is -2.22. The minimum absolute atomic E-state index is 0. The van der Waals surface area contributed by atoms with E-state index in [9.17, 15) is 9.50 Å². The Kier molecular flexibility index (Phi) is 8.48. The largest absolute Gasteiger partial charge is 1.00 e. The van der Waals surface area contributed by atoms with Crippen molar-refractivity contribution < 1.29 is 27.2 Å². The minimum atomic E-state index is -0.692. The van der Waals surface area contributed by atoms with Crippen molar-refractivity contribution in [2.75, 3.05) is 29.0 Å². The van der Waals surface area contributed by atoms with E-state index in [1.807, 2.05) is 0 Å². The Labute approximate surface area is 188 Å². The Balaban J connectivity index is 0.00000272. The molecule has 2 heterocycles. The van der Waals surface area contributed by atoms with E-state index in [1.54, 1.807) is 6.07 Å². The summed E-state index contributed by atoms with van der Waals surface area (Å²) in [7, 11) is 0. The molecule has 1 aromatic heterocycles. The first-order valence-corrected chi connectivity index (χ1v) is 11.0. The van der Waals surface area contributed by atoms with Crippen LogP contribution in [-0.2, 0) is 0 Å². The van der Waals surface area contributed by atoms with Crippen LogP contribution in [0.5, 0.6) is 5.75 Å². The number of phenols is 1. The summed E-state index contributed by atoms with van der Waals surface area (Å²) in [6.07, 6.45) is 9.32. The van der Waals surface area contributed by atoms with Crippen molar-refractivity contribution in [3.8, 4) is 5.75 Å². The highest BCUT2D eigenvalue weighted by atomic mass is 35.5. The summed E-state index contributed by atoms with van der Waals surface area (Å²) in [5.74, 6) is 0.320.